The van der Waals surface area contributed by atoms with Gasteiger partial charge in [0, 0.05) is 19.1 Å². The number of amides is 4. The summed E-state index contributed by atoms with van der Waals surface area (Å²) in [5.74, 6) is -2.03. The van der Waals surface area contributed by atoms with Crippen molar-refractivity contribution < 1.29 is 37.1 Å². The summed E-state index contributed by atoms with van der Waals surface area (Å²) in [7, 11) is 0. The Morgan fingerprint density at radius 1 is 1.18 bits per heavy atom. The third-order valence-electron chi connectivity index (χ3n) is 5.47. The number of anilines is 2. The number of urea groups is 1. The summed E-state index contributed by atoms with van der Waals surface area (Å²) < 4.78 is 44.6. The second-order valence-corrected chi connectivity index (χ2v) is 7.94. The Bertz CT molecular complexity index is 916. The van der Waals surface area contributed by atoms with Gasteiger partial charge in [0.25, 0.3) is 5.91 Å². The minimum absolute atomic E-state index is 0.0240. The van der Waals surface area contributed by atoms with Crippen LogP contribution in [0.15, 0.2) is 18.2 Å². The standard InChI is InChI=1S/C20H24F3N5O5/c21-15-9-13(27-11-14(33-20(27)31)10-24-18(29)17(22)23)3-4-16(15)26-5-6-28(32-8-7-26)19(30)25-12-1-2-12/h3-4,9,12,14,17H,1-2,5-8,10-11H2,(H,24,29)(H,25,30). The zero-order valence-electron chi connectivity index (χ0n) is 17.6. The maximum absolute atomic E-state index is 14.9. The van der Waals surface area contributed by atoms with Gasteiger partial charge in [-0.2, -0.15) is 8.78 Å². The monoisotopic (exact) mass is 471 g/mol. The van der Waals surface area contributed by atoms with E-state index in [1.54, 1.807) is 11.0 Å². The first-order valence-corrected chi connectivity index (χ1v) is 10.6. The maximum Gasteiger partial charge on any atom is 0.414 e. The Hall–Kier alpha value is -3.22. The van der Waals surface area contributed by atoms with Crippen molar-refractivity contribution in [3.05, 3.63) is 24.0 Å². The normalized spacial score (nSPS) is 21.2. The lowest BCUT2D eigenvalue weighted by Gasteiger charge is -2.24. The van der Waals surface area contributed by atoms with Crippen LogP contribution in [-0.2, 0) is 14.4 Å². The highest BCUT2D eigenvalue weighted by Crippen LogP contribution is 2.28. The number of hydroxylamine groups is 2. The van der Waals surface area contributed by atoms with Gasteiger partial charge in [-0.05, 0) is 31.0 Å². The molecule has 10 nitrogen and oxygen atoms in total. The predicted molar refractivity (Wildman–Crippen MR) is 109 cm³/mol. The second kappa shape index (κ2) is 9.73. The molecular weight excluding hydrogens is 447 g/mol. The smallest absolute Gasteiger partial charge is 0.414 e. The van der Waals surface area contributed by atoms with Crippen LogP contribution in [0.4, 0.5) is 34.1 Å². The molecule has 2 aliphatic heterocycles. The average Bonchev–Trinajstić information content (AvgIpc) is 3.56. The zero-order chi connectivity index (χ0) is 23.5. The van der Waals surface area contributed by atoms with Crippen LogP contribution < -0.4 is 20.4 Å². The molecule has 180 valence electrons. The molecule has 4 rings (SSSR count). The van der Waals surface area contributed by atoms with Crippen molar-refractivity contribution in [1.29, 1.82) is 0 Å². The van der Waals surface area contributed by atoms with Gasteiger partial charge in [-0.3, -0.25) is 14.5 Å². The Labute approximate surface area is 187 Å². The molecule has 2 heterocycles. The van der Waals surface area contributed by atoms with Gasteiger partial charge in [0.1, 0.15) is 11.9 Å². The van der Waals surface area contributed by atoms with Crippen molar-refractivity contribution in [1.82, 2.24) is 15.7 Å². The molecule has 0 aromatic heterocycles. The minimum Gasteiger partial charge on any atom is -0.442 e. The molecule has 2 N–H and O–H groups in total. The third-order valence-corrected chi connectivity index (χ3v) is 5.47. The number of carbonyl (C=O) groups is 3. The van der Waals surface area contributed by atoms with Crippen LogP contribution in [0.1, 0.15) is 12.8 Å². The number of alkyl halides is 2. The van der Waals surface area contributed by atoms with Gasteiger partial charge in [-0.1, -0.05) is 0 Å². The van der Waals surface area contributed by atoms with Crippen LogP contribution in [0.5, 0.6) is 0 Å². The van der Waals surface area contributed by atoms with Crippen molar-refractivity contribution >= 4 is 29.4 Å². The molecule has 0 radical (unpaired) electrons. The number of benzene rings is 1. The molecule has 33 heavy (non-hydrogen) atoms. The quantitative estimate of drug-likeness (QED) is 0.651. The lowest BCUT2D eigenvalue weighted by atomic mass is 10.2. The van der Waals surface area contributed by atoms with Crippen LogP contribution in [0.2, 0.25) is 0 Å². The first-order valence-electron chi connectivity index (χ1n) is 10.6. The van der Waals surface area contributed by atoms with Gasteiger partial charge in [0.2, 0.25) is 0 Å². The predicted octanol–water partition coefficient (Wildman–Crippen LogP) is 1.46. The largest absolute Gasteiger partial charge is 0.442 e. The number of rotatable bonds is 6. The molecule has 1 unspecified atom stereocenters. The summed E-state index contributed by atoms with van der Waals surface area (Å²) in [5, 5.41) is 6.09. The summed E-state index contributed by atoms with van der Waals surface area (Å²) in [5.41, 5.74) is 0.528. The van der Waals surface area contributed by atoms with E-state index in [0.717, 1.165) is 12.8 Å². The fraction of sp³-hybridized carbons (Fsp3) is 0.550. The fourth-order valence-electron chi connectivity index (χ4n) is 3.57. The first-order chi connectivity index (χ1) is 15.8. The van der Waals surface area contributed by atoms with Gasteiger partial charge in [0.05, 0.1) is 37.6 Å². The summed E-state index contributed by atoms with van der Waals surface area (Å²) >= 11 is 0. The number of cyclic esters (lactones) is 1. The number of nitrogens with zero attached hydrogens (tertiary/aromatic N) is 3. The molecule has 0 spiro atoms. The lowest BCUT2D eigenvalue weighted by Crippen LogP contribution is -2.42. The van der Waals surface area contributed by atoms with E-state index in [1.165, 1.54) is 22.1 Å². The Morgan fingerprint density at radius 2 is 1.97 bits per heavy atom. The van der Waals surface area contributed by atoms with Gasteiger partial charge >= 0.3 is 18.5 Å². The van der Waals surface area contributed by atoms with Crippen LogP contribution in [0.3, 0.4) is 0 Å². The van der Waals surface area contributed by atoms with Crippen LogP contribution >= 0.6 is 0 Å². The van der Waals surface area contributed by atoms with E-state index in [4.69, 9.17) is 9.57 Å². The van der Waals surface area contributed by atoms with Crippen LogP contribution in [0, 0.1) is 5.82 Å². The lowest BCUT2D eigenvalue weighted by molar-refractivity contribution is -0.132. The highest BCUT2D eigenvalue weighted by atomic mass is 19.3. The van der Waals surface area contributed by atoms with E-state index in [0.29, 0.717) is 18.8 Å². The third kappa shape index (κ3) is 5.59. The molecule has 1 aliphatic carbocycles. The molecule has 1 aromatic carbocycles. The number of hydrogen-bond acceptors (Lipinski definition) is 6. The molecule has 0 bridgehead atoms. The van der Waals surface area contributed by atoms with Crippen molar-refractivity contribution in [2.24, 2.45) is 0 Å². The summed E-state index contributed by atoms with van der Waals surface area (Å²) in [6.07, 6.45) is -2.85. The Kier molecular flexibility index (Phi) is 6.77. The molecule has 3 fully saturated rings. The van der Waals surface area contributed by atoms with Gasteiger partial charge in [-0.15, -0.1) is 0 Å². The average molecular weight is 471 g/mol. The van der Waals surface area contributed by atoms with Crippen molar-refractivity contribution in [3.63, 3.8) is 0 Å². The molecule has 4 amide bonds. The maximum atomic E-state index is 14.9. The van der Waals surface area contributed by atoms with Crippen molar-refractivity contribution in [3.8, 4) is 0 Å². The van der Waals surface area contributed by atoms with E-state index < -0.39 is 30.3 Å². The number of nitrogens with one attached hydrogen (secondary N) is 2. The molecule has 2 saturated heterocycles. The van der Waals surface area contributed by atoms with E-state index in [2.05, 4.69) is 5.32 Å². The molecule has 1 aromatic rings. The van der Waals surface area contributed by atoms with E-state index >= 15 is 0 Å². The summed E-state index contributed by atoms with van der Waals surface area (Å²) in [4.78, 5) is 43.7. The molecule has 3 aliphatic rings. The Morgan fingerprint density at radius 3 is 2.67 bits per heavy atom. The van der Waals surface area contributed by atoms with Gasteiger partial charge < -0.3 is 20.3 Å². The SMILES string of the molecule is O=C(NCC1CN(c2ccc(N3CCON(C(=O)NC4CC4)CC3)c(F)c2)C(=O)O1)C(F)F. The topological polar surface area (TPSA) is 103 Å². The van der Waals surface area contributed by atoms with Crippen molar-refractivity contribution in [2.45, 2.75) is 31.4 Å². The number of halogens is 3. The highest BCUT2D eigenvalue weighted by Gasteiger charge is 2.34. The number of hydrogen-bond donors (Lipinski definition) is 2. The molecule has 1 atom stereocenters. The van der Waals surface area contributed by atoms with Crippen LogP contribution in [-0.4, -0.2) is 81.0 Å². The first kappa shape index (κ1) is 23.0. The van der Waals surface area contributed by atoms with E-state index in [1.807, 2.05) is 5.32 Å². The van der Waals surface area contributed by atoms with Gasteiger partial charge in [-0.25, -0.2) is 19.0 Å². The Balaban J connectivity index is 1.35. The highest BCUT2D eigenvalue weighted by molar-refractivity contribution is 5.90. The second-order valence-electron chi connectivity index (χ2n) is 7.94. The zero-order valence-corrected chi connectivity index (χ0v) is 17.6. The molecule has 13 heteroatoms. The fourth-order valence-corrected chi connectivity index (χ4v) is 3.57. The number of ether oxygens (including phenoxy) is 1. The summed E-state index contributed by atoms with van der Waals surface area (Å²) in [6.45, 7) is 0.870. The van der Waals surface area contributed by atoms with Gasteiger partial charge in [0.15, 0.2) is 0 Å². The molecule has 1 saturated carbocycles. The van der Waals surface area contributed by atoms with E-state index in [9.17, 15) is 27.6 Å². The van der Waals surface area contributed by atoms with Crippen molar-refractivity contribution in [2.75, 3.05) is 49.1 Å². The molecular formula is C20H24F3N5O5. The summed E-state index contributed by atoms with van der Waals surface area (Å²) in [6, 6.07) is 4.14. The minimum atomic E-state index is -3.16. The number of carbonyl (C=O) groups excluding carboxylic acids is 3. The van der Waals surface area contributed by atoms with E-state index in [-0.39, 0.29) is 44.0 Å². The van der Waals surface area contributed by atoms with Crippen LogP contribution in [0.25, 0.3) is 0 Å².